The largest absolute Gasteiger partial charge is 0.478 e. The Morgan fingerprint density at radius 1 is 1.60 bits per heavy atom. The first-order valence-corrected chi connectivity index (χ1v) is 4.80. The summed E-state index contributed by atoms with van der Waals surface area (Å²) in [6, 6.07) is 0. The second-order valence-corrected chi connectivity index (χ2v) is 3.66. The van der Waals surface area contributed by atoms with Crippen molar-refractivity contribution in [2.24, 2.45) is 0 Å². The van der Waals surface area contributed by atoms with Crippen LogP contribution in [0.3, 0.4) is 0 Å². The van der Waals surface area contributed by atoms with E-state index in [4.69, 9.17) is 5.11 Å². The topological polar surface area (TPSA) is 58.4 Å². The number of imidazole rings is 1. The summed E-state index contributed by atoms with van der Waals surface area (Å²) in [7, 11) is 0. The molecule has 0 bridgehead atoms. The number of rotatable bonds is 3. The highest BCUT2D eigenvalue weighted by Crippen LogP contribution is 2.11. The molecule has 2 heterocycles. The zero-order valence-corrected chi connectivity index (χ0v) is 8.39. The van der Waals surface area contributed by atoms with Crippen molar-refractivity contribution in [3.63, 3.8) is 0 Å². The summed E-state index contributed by atoms with van der Waals surface area (Å²) in [5.41, 5.74) is 0.231. The van der Waals surface area contributed by atoms with Crippen molar-refractivity contribution in [3.8, 4) is 0 Å². The normalized spacial score (nSPS) is 16.0. The van der Waals surface area contributed by atoms with Gasteiger partial charge in [0.15, 0.2) is 0 Å². The molecule has 0 radical (unpaired) electrons. The summed E-state index contributed by atoms with van der Waals surface area (Å²) >= 11 is 0. The van der Waals surface area contributed by atoms with Crippen LogP contribution < -0.4 is 0 Å². The number of aromatic nitrogens is 2. The highest BCUT2D eigenvalue weighted by atomic mass is 16.4. The van der Waals surface area contributed by atoms with Gasteiger partial charge in [-0.15, -0.1) is 0 Å². The van der Waals surface area contributed by atoms with Crippen molar-refractivity contribution in [2.45, 2.75) is 13.1 Å². The summed E-state index contributed by atoms with van der Waals surface area (Å²) in [5, 5.41) is 8.72. The standard InChI is InChI=1S/C10H13N3O2/c1-8(10(14)15)6-12-4-5-13-3-2-11-9(13)7-12/h2-3H,1,4-7H2,(H,14,15). The third kappa shape index (κ3) is 2.07. The lowest BCUT2D eigenvalue weighted by atomic mass is 10.2. The zero-order chi connectivity index (χ0) is 10.8. The van der Waals surface area contributed by atoms with E-state index in [0.717, 1.165) is 18.9 Å². The molecular weight excluding hydrogens is 194 g/mol. The van der Waals surface area contributed by atoms with Crippen LogP contribution in [0.5, 0.6) is 0 Å². The number of carboxylic acid groups (broad SMARTS) is 1. The Hall–Kier alpha value is -1.62. The van der Waals surface area contributed by atoms with Crippen molar-refractivity contribution in [2.75, 3.05) is 13.1 Å². The van der Waals surface area contributed by atoms with Gasteiger partial charge in [0, 0.05) is 37.6 Å². The fourth-order valence-corrected chi connectivity index (χ4v) is 1.70. The molecule has 0 aromatic carbocycles. The molecule has 0 fully saturated rings. The van der Waals surface area contributed by atoms with E-state index in [0.29, 0.717) is 13.1 Å². The Kier molecular flexibility index (Phi) is 2.55. The van der Waals surface area contributed by atoms with Gasteiger partial charge in [0.2, 0.25) is 0 Å². The van der Waals surface area contributed by atoms with Gasteiger partial charge in [0.05, 0.1) is 6.54 Å². The van der Waals surface area contributed by atoms with E-state index >= 15 is 0 Å². The van der Waals surface area contributed by atoms with Crippen LogP contribution in [0.1, 0.15) is 5.82 Å². The predicted octanol–water partition coefficient (Wildman–Crippen LogP) is 0.340. The van der Waals surface area contributed by atoms with E-state index < -0.39 is 5.97 Å². The van der Waals surface area contributed by atoms with E-state index in [1.165, 1.54) is 0 Å². The number of carboxylic acids is 1. The fraction of sp³-hybridized carbons (Fsp3) is 0.400. The third-order valence-electron chi connectivity index (χ3n) is 2.54. The van der Waals surface area contributed by atoms with Gasteiger partial charge >= 0.3 is 5.97 Å². The second kappa shape index (κ2) is 3.86. The van der Waals surface area contributed by atoms with Gasteiger partial charge in [-0.05, 0) is 0 Å². The first kappa shape index (κ1) is 9.92. The van der Waals surface area contributed by atoms with Crippen LogP contribution in [0.15, 0.2) is 24.5 Å². The van der Waals surface area contributed by atoms with Gasteiger partial charge in [0.1, 0.15) is 5.82 Å². The molecule has 5 heteroatoms. The van der Waals surface area contributed by atoms with Gasteiger partial charge < -0.3 is 9.67 Å². The van der Waals surface area contributed by atoms with E-state index in [9.17, 15) is 4.79 Å². The van der Waals surface area contributed by atoms with Crippen LogP contribution in [0.2, 0.25) is 0 Å². The lowest BCUT2D eigenvalue weighted by Crippen LogP contribution is -2.35. The number of fused-ring (bicyclic) bond motifs is 1. The van der Waals surface area contributed by atoms with Crippen molar-refractivity contribution in [1.82, 2.24) is 14.5 Å². The van der Waals surface area contributed by atoms with Crippen molar-refractivity contribution >= 4 is 5.97 Å². The third-order valence-corrected chi connectivity index (χ3v) is 2.54. The Morgan fingerprint density at radius 3 is 3.13 bits per heavy atom. The Labute approximate surface area is 87.6 Å². The average molecular weight is 207 g/mol. The first-order valence-electron chi connectivity index (χ1n) is 4.80. The quantitative estimate of drug-likeness (QED) is 0.726. The Bertz CT molecular complexity index is 397. The van der Waals surface area contributed by atoms with Gasteiger partial charge in [-0.1, -0.05) is 6.58 Å². The molecule has 0 saturated heterocycles. The predicted molar refractivity (Wildman–Crippen MR) is 54.3 cm³/mol. The molecule has 0 atom stereocenters. The SMILES string of the molecule is C=C(CN1CCn2ccnc2C1)C(=O)O. The second-order valence-electron chi connectivity index (χ2n) is 3.66. The highest BCUT2D eigenvalue weighted by molar-refractivity contribution is 5.86. The molecule has 15 heavy (non-hydrogen) atoms. The van der Waals surface area contributed by atoms with Crippen LogP contribution in [0.25, 0.3) is 0 Å². The van der Waals surface area contributed by atoms with Crippen molar-refractivity contribution < 1.29 is 9.90 Å². The first-order chi connectivity index (χ1) is 7.16. The maximum Gasteiger partial charge on any atom is 0.332 e. The Balaban J connectivity index is 1.98. The van der Waals surface area contributed by atoms with Crippen LogP contribution >= 0.6 is 0 Å². The van der Waals surface area contributed by atoms with Crippen molar-refractivity contribution in [3.05, 3.63) is 30.4 Å². The smallest absolute Gasteiger partial charge is 0.332 e. The zero-order valence-electron chi connectivity index (χ0n) is 8.39. The monoisotopic (exact) mass is 207 g/mol. The summed E-state index contributed by atoms with van der Waals surface area (Å²) in [5.74, 6) is 0.0587. The van der Waals surface area contributed by atoms with Gasteiger partial charge in [0.25, 0.3) is 0 Å². The van der Waals surface area contributed by atoms with Crippen LogP contribution in [-0.4, -0.2) is 38.6 Å². The van der Waals surface area contributed by atoms with Gasteiger partial charge in [-0.2, -0.15) is 0 Å². The lowest BCUT2D eigenvalue weighted by molar-refractivity contribution is -0.132. The van der Waals surface area contributed by atoms with Gasteiger partial charge in [-0.3, -0.25) is 4.90 Å². The Morgan fingerprint density at radius 2 is 2.40 bits per heavy atom. The molecule has 1 aromatic heterocycles. The molecule has 0 unspecified atom stereocenters. The molecule has 1 aliphatic rings. The minimum absolute atomic E-state index is 0.231. The molecule has 0 saturated carbocycles. The summed E-state index contributed by atoms with van der Waals surface area (Å²) in [4.78, 5) is 16.9. The summed E-state index contributed by atoms with van der Waals surface area (Å²) in [6.07, 6.45) is 3.71. The molecular formula is C10H13N3O2. The van der Waals surface area contributed by atoms with Crippen molar-refractivity contribution in [1.29, 1.82) is 0 Å². The van der Waals surface area contributed by atoms with Crippen LogP contribution in [0.4, 0.5) is 0 Å². The van der Waals surface area contributed by atoms with E-state index in [1.807, 2.05) is 11.1 Å². The highest BCUT2D eigenvalue weighted by Gasteiger charge is 2.18. The summed E-state index contributed by atoms with van der Waals surface area (Å²) in [6.45, 7) is 6.33. The maximum atomic E-state index is 10.6. The average Bonchev–Trinajstić information content (AvgIpc) is 2.64. The van der Waals surface area contributed by atoms with Crippen LogP contribution in [0, 0.1) is 0 Å². The van der Waals surface area contributed by atoms with E-state index in [1.54, 1.807) is 6.20 Å². The number of nitrogens with zero attached hydrogens (tertiary/aromatic N) is 3. The number of carbonyl (C=O) groups is 1. The number of hydrogen-bond donors (Lipinski definition) is 1. The molecule has 2 rings (SSSR count). The molecule has 1 aromatic rings. The molecule has 5 nitrogen and oxygen atoms in total. The lowest BCUT2D eigenvalue weighted by Gasteiger charge is -2.27. The fourth-order valence-electron chi connectivity index (χ4n) is 1.70. The molecule has 1 aliphatic heterocycles. The molecule has 0 spiro atoms. The number of hydrogen-bond acceptors (Lipinski definition) is 3. The van der Waals surface area contributed by atoms with Crippen LogP contribution in [-0.2, 0) is 17.9 Å². The molecule has 0 aliphatic carbocycles. The minimum Gasteiger partial charge on any atom is -0.478 e. The van der Waals surface area contributed by atoms with E-state index in [2.05, 4.69) is 16.1 Å². The van der Waals surface area contributed by atoms with E-state index in [-0.39, 0.29) is 5.57 Å². The number of aliphatic carboxylic acids is 1. The summed E-state index contributed by atoms with van der Waals surface area (Å²) < 4.78 is 2.08. The molecule has 80 valence electrons. The maximum absolute atomic E-state index is 10.6. The minimum atomic E-state index is -0.927. The molecule has 1 N–H and O–H groups in total. The molecule has 0 amide bonds. The van der Waals surface area contributed by atoms with Gasteiger partial charge in [-0.25, -0.2) is 9.78 Å².